The van der Waals surface area contributed by atoms with E-state index in [0.29, 0.717) is 5.41 Å². The van der Waals surface area contributed by atoms with Crippen molar-refractivity contribution in [3.05, 3.63) is 29.8 Å². The second kappa shape index (κ2) is 7.65. The van der Waals surface area contributed by atoms with Crippen LogP contribution in [-0.2, 0) is 11.3 Å². The van der Waals surface area contributed by atoms with Crippen LogP contribution in [0.4, 0.5) is 0 Å². The number of benzene rings is 1. The van der Waals surface area contributed by atoms with E-state index >= 15 is 0 Å². The number of ether oxygens (including phenoxy) is 2. The van der Waals surface area contributed by atoms with Gasteiger partial charge in [0.15, 0.2) is 0 Å². The van der Waals surface area contributed by atoms with Gasteiger partial charge in [-0.15, -0.1) is 0 Å². The van der Waals surface area contributed by atoms with E-state index in [1.807, 2.05) is 6.07 Å². The van der Waals surface area contributed by atoms with Crippen LogP contribution in [0.1, 0.15) is 37.7 Å². The Morgan fingerprint density at radius 1 is 1.16 bits per heavy atom. The molecule has 0 aliphatic carbocycles. The fourth-order valence-electron chi connectivity index (χ4n) is 5.14. The van der Waals surface area contributed by atoms with Crippen molar-refractivity contribution in [2.24, 2.45) is 5.41 Å². The first-order chi connectivity index (χ1) is 12.3. The number of likely N-dealkylation sites (tertiary alicyclic amines) is 2. The van der Waals surface area contributed by atoms with E-state index < -0.39 is 0 Å². The first kappa shape index (κ1) is 17.3. The zero-order chi connectivity index (χ0) is 17.1. The molecule has 4 rings (SSSR count). The predicted octanol–water partition coefficient (Wildman–Crippen LogP) is 3.16. The molecule has 3 aliphatic rings. The second-order valence-electron chi connectivity index (χ2n) is 8.23. The Balaban J connectivity index is 1.37. The van der Waals surface area contributed by atoms with Crippen LogP contribution >= 0.6 is 0 Å². The summed E-state index contributed by atoms with van der Waals surface area (Å²) in [4.78, 5) is 5.45. The van der Waals surface area contributed by atoms with Gasteiger partial charge in [0.25, 0.3) is 0 Å². The van der Waals surface area contributed by atoms with E-state index in [0.717, 1.165) is 31.5 Å². The molecule has 138 valence electrons. The Morgan fingerprint density at radius 2 is 2.04 bits per heavy atom. The lowest BCUT2D eigenvalue weighted by Crippen LogP contribution is -2.46. The van der Waals surface area contributed by atoms with Crippen molar-refractivity contribution in [3.63, 3.8) is 0 Å². The van der Waals surface area contributed by atoms with Gasteiger partial charge in [0.1, 0.15) is 5.75 Å². The summed E-state index contributed by atoms with van der Waals surface area (Å²) < 4.78 is 10.9. The molecule has 0 unspecified atom stereocenters. The molecule has 0 bridgehead atoms. The Hall–Kier alpha value is -1.10. The number of hydrogen-bond donors (Lipinski definition) is 0. The molecule has 1 aromatic carbocycles. The summed E-state index contributed by atoms with van der Waals surface area (Å²) >= 11 is 0. The number of piperidine rings is 1. The van der Waals surface area contributed by atoms with Crippen molar-refractivity contribution in [2.75, 3.05) is 46.5 Å². The summed E-state index contributed by atoms with van der Waals surface area (Å²) in [6, 6.07) is 9.32. The first-order valence-corrected chi connectivity index (χ1v) is 9.93. The topological polar surface area (TPSA) is 24.9 Å². The molecule has 1 atom stereocenters. The maximum absolute atomic E-state index is 5.55. The Morgan fingerprint density at radius 3 is 2.88 bits per heavy atom. The molecular formula is C21H32N2O2. The van der Waals surface area contributed by atoms with Gasteiger partial charge in [-0.3, -0.25) is 9.80 Å². The molecule has 3 fully saturated rings. The van der Waals surface area contributed by atoms with Gasteiger partial charge in [-0.25, -0.2) is 0 Å². The summed E-state index contributed by atoms with van der Waals surface area (Å²) in [5.41, 5.74) is 1.89. The quantitative estimate of drug-likeness (QED) is 0.838. The molecule has 4 nitrogen and oxygen atoms in total. The highest BCUT2D eigenvalue weighted by Gasteiger charge is 2.43. The lowest BCUT2D eigenvalue weighted by Gasteiger charge is -2.41. The largest absolute Gasteiger partial charge is 0.497 e. The summed E-state index contributed by atoms with van der Waals surface area (Å²) in [5, 5.41) is 0. The van der Waals surface area contributed by atoms with E-state index in [-0.39, 0.29) is 0 Å². The van der Waals surface area contributed by atoms with E-state index in [1.54, 1.807) is 7.11 Å². The zero-order valence-corrected chi connectivity index (χ0v) is 15.6. The minimum Gasteiger partial charge on any atom is -0.497 e. The summed E-state index contributed by atoms with van der Waals surface area (Å²) in [6.45, 7) is 8.03. The molecule has 0 aromatic heterocycles. The van der Waals surface area contributed by atoms with Gasteiger partial charge in [-0.2, -0.15) is 0 Å². The van der Waals surface area contributed by atoms with Crippen LogP contribution in [0.15, 0.2) is 24.3 Å². The van der Waals surface area contributed by atoms with Gasteiger partial charge >= 0.3 is 0 Å². The fourth-order valence-corrected chi connectivity index (χ4v) is 5.14. The van der Waals surface area contributed by atoms with Crippen LogP contribution in [0.2, 0.25) is 0 Å². The van der Waals surface area contributed by atoms with Gasteiger partial charge < -0.3 is 9.47 Å². The van der Waals surface area contributed by atoms with E-state index in [1.165, 1.54) is 63.8 Å². The third-order valence-corrected chi connectivity index (χ3v) is 6.46. The van der Waals surface area contributed by atoms with Gasteiger partial charge in [-0.05, 0) is 68.3 Å². The highest BCUT2D eigenvalue weighted by molar-refractivity contribution is 5.28. The minimum atomic E-state index is 0.523. The molecule has 0 radical (unpaired) electrons. The van der Waals surface area contributed by atoms with Gasteiger partial charge in [0.05, 0.1) is 7.11 Å². The summed E-state index contributed by atoms with van der Waals surface area (Å²) in [6.07, 6.45) is 6.57. The van der Waals surface area contributed by atoms with Gasteiger partial charge in [0, 0.05) is 38.9 Å². The predicted molar refractivity (Wildman–Crippen MR) is 100.0 cm³/mol. The molecule has 3 aliphatic heterocycles. The van der Waals surface area contributed by atoms with Crippen LogP contribution in [0.3, 0.4) is 0 Å². The Labute approximate surface area is 152 Å². The van der Waals surface area contributed by atoms with Crippen molar-refractivity contribution in [3.8, 4) is 5.75 Å². The highest BCUT2D eigenvalue weighted by atomic mass is 16.5. The molecular weight excluding hydrogens is 312 g/mol. The molecule has 25 heavy (non-hydrogen) atoms. The normalized spacial score (nSPS) is 29.3. The Kier molecular flexibility index (Phi) is 5.30. The minimum absolute atomic E-state index is 0.523. The number of methoxy groups -OCH3 is 1. The molecule has 1 aromatic rings. The standard InChI is InChI=1S/C21H32N2O2/c1-24-20-5-2-4-18(14-20)15-22-10-3-8-21(16-22)9-11-23(17-21)19-6-12-25-13-7-19/h2,4-5,14,19H,3,6-13,15-17H2,1H3/t21-/m1/s1. The molecule has 0 saturated carbocycles. The average Bonchev–Trinajstić information content (AvgIpc) is 3.06. The zero-order valence-electron chi connectivity index (χ0n) is 15.6. The van der Waals surface area contributed by atoms with Crippen molar-refractivity contribution in [1.82, 2.24) is 9.80 Å². The van der Waals surface area contributed by atoms with Crippen LogP contribution in [0.25, 0.3) is 0 Å². The lowest BCUT2D eigenvalue weighted by molar-refractivity contribution is 0.0302. The smallest absolute Gasteiger partial charge is 0.119 e. The monoisotopic (exact) mass is 344 g/mol. The molecule has 3 heterocycles. The second-order valence-corrected chi connectivity index (χ2v) is 8.23. The van der Waals surface area contributed by atoms with Crippen LogP contribution in [-0.4, -0.2) is 62.3 Å². The fraction of sp³-hybridized carbons (Fsp3) is 0.714. The molecule has 0 amide bonds. The number of nitrogens with zero attached hydrogens (tertiary/aromatic N) is 2. The van der Waals surface area contributed by atoms with Crippen LogP contribution in [0.5, 0.6) is 5.75 Å². The summed E-state index contributed by atoms with van der Waals surface area (Å²) in [7, 11) is 1.75. The third-order valence-electron chi connectivity index (χ3n) is 6.46. The summed E-state index contributed by atoms with van der Waals surface area (Å²) in [5.74, 6) is 0.968. The van der Waals surface area contributed by atoms with E-state index in [9.17, 15) is 0 Å². The maximum Gasteiger partial charge on any atom is 0.119 e. The Bertz CT molecular complexity index is 573. The number of rotatable bonds is 4. The van der Waals surface area contributed by atoms with Crippen molar-refractivity contribution < 1.29 is 9.47 Å². The van der Waals surface area contributed by atoms with Crippen molar-refractivity contribution in [2.45, 2.75) is 44.7 Å². The average molecular weight is 344 g/mol. The van der Waals surface area contributed by atoms with Crippen LogP contribution in [0, 0.1) is 5.41 Å². The van der Waals surface area contributed by atoms with E-state index in [4.69, 9.17) is 9.47 Å². The van der Waals surface area contributed by atoms with E-state index in [2.05, 4.69) is 28.0 Å². The molecule has 4 heteroatoms. The SMILES string of the molecule is COc1cccc(CN2CCC[C@@]3(CCN(C4CCOCC4)C3)C2)c1. The van der Waals surface area contributed by atoms with Gasteiger partial charge in [-0.1, -0.05) is 12.1 Å². The lowest BCUT2D eigenvalue weighted by atomic mass is 9.79. The van der Waals surface area contributed by atoms with Crippen molar-refractivity contribution >= 4 is 0 Å². The maximum atomic E-state index is 5.55. The number of hydrogen-bond acceptors (Lipinski definition) is 4. The van der Waals surface area contributed by atoms with Gasteiger partial charge in [0.2, 0.25) is 0 Å². The van der Waals surface area contributed by atoms with Crippen LogP contribution < -0.4 is 4.74 Å². The molecule has 1 spiro atoms. The highest BCUT2D eigenvalue weighted by Crippen LogP contribution is 2.41. The first-order valence-electron chi connectivity index (χ1n) is 9.93. The van der Waals surface area contributed by atoms with Crippen molar-refractivity contribution in [1.29, 1.82) is 0 Å². The molecule has 0 N–H and O–H groups in total. The molecule has 3 saturated heterocycles. The third kappa shape index (κ3) is 4.02.